The third-order valence-electron chi connectivity index (χ3n) is 9.68. The van der Waals surface area contributed by atoms with Crippen LogP contribution in [-0.4, -0.2) is 77.6 Å². The van der Waals surface area contributed by atoms with E-state index >= 15 is 0 Å². The zero-order valence-electron chi connectivity index (χ0n) is 36.2. The van der Waals surface area contributed by atoms with Crippen LogP contribution in [0.25, 0.3) is 0 Å². The molecule has 366 valence electrons. The molecule has 0 atom stereocenters. The smallest absolute Gasteiger partial charge is 0.335 e. The number of aliphatic imine (C=N–C) groups is 1. The summed E-state index contributed by atoms with van der Waals surface area (Å²) in [6.45, 7) is 0.744. The minimum absolute atomic E-state index is 0.0189. The lowest BCUT2D eigenvalue weighted by atomic mass is 10.1. The molecule has 0 amide bonds. The van der Waals surface area contributed by atoms with Crippen molar-refractivity contribution in [3.05, 3.63) is 162 Å². The molecular weight excluding hydrogens is 1200 g/mol. The van der Waals surface area contributed by atoms with E-state index in [2.05, 4.69) is 130 Å². The van der Waals surface area contributed by atoms with Crippen LogP contribution in [0, 0.1) is 0 Å². The van der Waals surface area contributed by atoms with E-state index in [1.165, 1.54) is 55.8 Å². The van der Waals surface area contributed by atoms with Gasteiger partial charge in [0.25, 0.3) is 5.56 Å². The summed E-state index contributed by atoms with van der Waals surface area (Å²) in [5, 5.41) is 33.8. The number of nitrogens with one attached hydrogen (secondary N) is 7. The molecule has 7 heterocycles. The monoisotopic (exact) mass is 1230 g/mol. The summed E-state index contributed by atoms with van der Waals surface area (Å²) in [7, 11) is 0. The summed E-state index contributed by atoms with van der Waals surface area (Å²) in [6.07, 6.45) is 12.6. The molecule has 0 saturated heterocycles. The molecule has 0 bridgehead atoms. The number of aromatic amines is 4. The number of fused-ring (bicyclic) bond motifs is 1. The molecule has 11 rings (SSSR count). The molecule has 2 fully saturated rings. The third kappa shape index (κ3) is 16.1. The first-order valence-electron chi connectivity index (χ1n) is 20.7. The Labute approximate surface area is 447 Å². The van der Waals surface area contributed by atoms with Gasteiger partial charge in [-0.2, -0.15) is 15.2 Å². The molecule has 2 aliphatic carbocycles. The highest BCUT2D eigenvalue weighted by atomic mass is 79.9. The highest BCUT2D eigenvalue weighted by Gasteiger charge is 2.26. The van der Waals surface area contributed by atoms with E-state index < -0.39 is 17.2 Å². The Bertz CT molecular complexity index is 3290. The van der Waals surface area contributed by atoms with Crippen LogP contribution in [0.15, 0.2) is 108 Å². The van der Waals surface area contributed by atoms with Gasteiger partial charge in [0.1, 0.15) is 19.7 Å². The fraction of sp³-hybridized carbons (Fsp3) is 0.163. The van der Waals surface area contributed by atoms with Crippen molar-refractivity contribution < 1.29 is 9.90 Å². The minimum Gasteiger partial charge on any atom is -0.478 e. The van der Waals surface area contributed by atoms with E-state index in [1.807, 2.05) is 35.5 Å². The highest BCUT2D eigenvalue weighted by molar-refractivity contribution is 9.11. The van der Waals surface area contributed by atoms with Gasteiger partial charge in [0.05, 0.1) is 35.7 Å². The number of carbonyl (C=O) groups is 1. The fourth-order valence-corrected chi connectivity index (χ4v) is 7.39. The predicted octanol–water partition coefficient (Wildman–Crippen LogP) is 10.7. The molecule has 0 unspecified atom stereocenters. The van der Waals surface area contributed by atoms with Gasteiger partial charge in [-0.1, -0.05) is 52.5 Å². The second-order valence-electron chi connectivity index (χ2n) is 15.1. The zero-order valence-corrected chi connectivity index (χ0v) is 44.0. The SMILES string of the molecule is Clc1cnc(Br)nc1Br.Clc1cnc(Br)nc1Nc1cc(C2CC2)[nH]n1.Clc1cnc(Nc2ccc3c(c2)C=NC3)nc1Nc1cc(C2CC2)[nH]n1.Nc1ccc(C(=O)O)cc1.O=c1[nH]cc(Cl)c(=O)[nH]1. The van der Waals surface area contributed by atoms with Crippen LogP contribution in [0.1, 0.15) is 70.4 Å². The van der Waals surface area contributed by atoms with Crippen LogP contribution in [-0.2, 0) is 6.54 Å². The first kappa shape index (κ1) is 52.5. The Morgan fingerprint density at radius 3 is 1.83 bits per heavy atom. The molecule has 2 aromatic carbocycles. The molecule has 21 nitrogen and oxygen atoms in total. The molecule has 8 aromatic rings. The predicted molar refractivity (Wildman–Crippen MR) is 283 cm³/mol. The third-order valence-corrected chi connectivity index (χ3v) is 12.4. The van der Waals surface area contributed by atoms with E-state index in [0.29, 0.717) is 70.1 Å². The summed E-state index contributed by atoms with van der Waals surface area (Å²) in [4.78, 5) is 63.8. The van der Waals surface area contributed by atoms with E-state index in [1.54, 1.807) is 18.3 Å². The lowest BCUT2D eigenvalue weighted by molar-refractivity contribution is 0.0697. The number of hydrogen-bond donors (Lipinski definition) is 9. The first-order valence-corrected chi connectivity index (χ1v) is 24.6. The van der Waals surface area contributed by atoms with Crippen molar-refractivity contribution in [2.75, 3.05) is 21.7 Å². The number of nitrogens with two attached hydrogens (primary N) is 1. The lowest BCUT2D eigenvalue weighted by Gasteiger charge is -2.09. The van der Waals surface area contributed by atoms with E-state index in [-0.39, 0.29) is 10.6 Å². The van der Waals surface area contributed by atoms with E-state index in [9.17, 15) is 14.4 Å². The van der Waals surface area contributed by atoms with Gasteiger partial charge in [0.15, 0.2) is 32.7 Å². The maximum absolute atomic E-state index is 10.4. The van der Waals surface area contributed by atoms with Gasteiger partial charge in [-0.25, -0.2) is 34.5 Å². The molecule has 2 saturated carbocycles. The number of benzene rings is 2. The Balaban J connectivity index is 0.000000142. The number of nitrogens with zero attached hydrogens (tertiary/aromatic N) is 9. The minimum atomic E-state index is -0.931. The molecule has 1 aliphatic heterocycles. The topological polar surface area (TPSA) is 312 Å². The number of rotatable bonds is 9. The Morgan fingerprint density at radius 2 is 1.28 bits per heavy atom. The average Bonchev–Trinajstić information content (AvgIpc) is 4.23. The molecule has 10 N–H and O–H groups in total. The fourth-order valence-electron chi connectivity index (χ4n) is 5.85. The lowest BCUT2D eigenvalue weighted by Crippen LogP contribution is -2.20. The second-order valence-corrected chi connectivity index (χ2v) is 18.9. The normalized spacial score (nSPS) is 12.8. The van der Waals surface area contributed by atoms with Gasteiger partial charge in [0, 0.05) is 59.1 Å². The van der Waals surface area contributed by atoms with Crippen LogP contribution in [0.3, 0.4) is 0 Å². The summed E-state index contributed by atoms with van der Waals surface area (Å²) in [5.74, 6) is 3.27. The number of nitrogen functional groups attached to an aromatic ring is 1. The Hall–Kier alpha value is -6.28. The summed E-state index contributed by atoms with van der Waals surface area (Å²) >= 11 is 32.5. The number of carboxylic acid groups (broad SMARTS) is 1. The van der Waals surface area contributed by atoms with Crippen molar-refractivity contribution in [3.63, 3.8) is 0 Å². The molecule has 0 radical (unpaired) electrons. The first-order chi connectivity index (χ1) is 34.1. The van der Waals surface area contributed by atoms with Crippen molar-refractivity contribution in [1.82, 2.24) is 60.3 Å². The number of hydrogen-bond acceptors (Lipinski definition) is 16. The number of H-pyrrole nitrogens is 4. The number of anilines is 7. The highest BCUT2D eigenvalue weighted by Crippen LogP contribution is 2.41. The molecule has 6 aromatic heterocycles. The van der Waals surface area contributed by atoms with Crippen molar-refractivity contribution in [2.24, 2.45) is 4.99 Å². The van der Waals surface area contributed by atoms with Gasteiger partial charge < -0.3 is 31.8 Å². The number of carboxylic acids is 1. The van der Waals surface area contributed by atoms with Crippen LogP contribution in [0.4, 0.5) is 40.6 Å². The van der Waals surface area contributed by atoms with Crippen molar-refractivity contribution in [2.45, 2.75) is 44.1 Å². The largest absolute Gasteiger partial charge is 0.478 e. The number of halogens is 7. The zero-order chi connectivity index (χ0) is 50.6. The van der Waals surface area contributed by atoms with Crippen molar-refractivity contribution >= 4 is 147 Å². The molecule has 0 spiro atoms. The Morgan fingerprint density at radius 1 is 0.704 bits per heavy atom. The van der Waals surface area contributed by atoms with E-state index in [0.717, 1.165) is 41.2 Å². The number of aromatic nitrogens is 12. The molecule has 28 heteroatoms. The maximum atomic E-state index is 10.4. The molecule has 3 aliphatic rings. The average molecular weight is 1240 g/mol. The van der Waals surface area contributed by atoms with Crippen molar-refractivity contribution in [3.8, 4) is 0 Å². The summed E-state index contributed by atoms with van der Waals surface area (Å²) in [5.41, 5.74) is 10.6. The van der Waals surface area contributed by atoms with Gasteiger partial charge in [0.2, 0.25) is 5.95 Å². The molecular formula is C43H36Br3Cl4N17O4. The maximum Gasteiger partial charge on any atom is 0.335 e. The number of aromatic carboxylic acids is 1. The van der Waals surface area contributed by atoms with Gasteiger partial charge >= 0.3 is 11.7 Å². The van der Waals surface area contributed by atoms with Crippen LogP contribution >= 0.6 is 94.2 Å². The van der Waals surface area contributed by atoms with Gasteiger partial charge in [-0.05, 0) is 121 Å². The summed E-state index contributed by atoms with van der Waals surface area (Å²) in [6, 6.07) is 16.1. The van der Waals surface area contributed by atoms with Gasteiger partial charge in [-0.15, -0.1) is 0 Å². The Kier molecular flexibility index (Phi) is 18.3. The van der Waals surface area contributed by atoms with Gasteiger partial charge in [-0.3, -0.25) is 25.0 Å². The quantitative estimate of drug-likeness (QED) is 0.0368. The standard InChI is InChI=1S/C18H16ClN7.C10H9BrClN5.C7H7NO2.C4HBr2ClN2.C4H3ClN2O2/c19-14-9-21-18(22-13-4-3-11-7-20-8-12(11)5-13)24-17(14)23-16-6-15(25-26-16)10-1-2-10;11-10-13-4-6(12)9(15-10)14-8-3-7(16-17-8)5-1-2-5;8-6-3-1-5(2-4-6)7(9)10;5-3-2(7)1-8-4(6)9-3;5-2-1-6-4(9)7-3(2)8/h3-6,8-10H,1-2,7H2,(H3,21,22,23,24,25,26);3-5H,1-2H2,(H2,13,14,15,16,17);1-4H,8H2,(H,9,10);1H;1H,(H2,6,7,8,9). The van der Waals surface area contributed by atoms with Crippen LogP contribution in [0.2, 0.25) is 20.1 Å². The van der Waals surface area contributed by atoms with E-state index in [4.69, 9.17) is 57.2 Å². The summed E-state index contributed by atoms with van der Waals surface area (Å²) < 4.78 is 1.62. The second kappa shape index (κ2) is 24.7. The van der Waals surface area contributed by atoms with Crippen molar-refractivity contribution in [1.29, 1.82) is 0 Å². The van der Waals surface area contributed by atoms with Crippen LogP contribution < -0.4 is 32.9 Å². The van der Waals surface area contributed by atoms with Crippen LogP contribution in [0.5, 0.6) is 0 Å². The molecule has 71 heavy (non-hydrogen) atoms.